The van der Waals surface area contributed by atoms with Gasteiger partial charge in [0.1, 0.15) is 0 Å². The van der Waals surface area contributed by atoms with Crippen LogP contribution in [0, 0.1) is 0 Å². The summed E-state index contributed by atoms with van der Waals surface area (Å²) in [4.78, 5) is 31.4. The molecular weight excluding hydrogens is 420 g/mol. The number of fused-ring (bicyclic) bond motifs is 2. The molecular formula is C26H20N2O3S. The second kappa shape index (κ2) is 8.05. The van der Waals surface area contributed by atoms with Crippen molar-refractivity contribution in [3.63, 3.8) is 0 Å². The normalized spacial score (nSPS) is 16.1. The number of allylic oxidation sites excluding steroid dienone is 1. The zero-order valence-corrected chi connectivity index (χ0v) is 18.4. The standard InChI is InChI=1S/C26H20N2O3S/c1-16-22(25(30)31-2)23(18-10-4-3-5-11-18)28-24(29)21(32-26(28)27-16)15-19-13-8-12-17-9-6-7-14-20(17)19/h3-15,23H,1-2H3. The molecule has 32 heavy (non-hydrogen) atoms. The summed E-state index contributed by atoms with van der Waals surface area (Å²) >= 11 is 1.33. The maximum absolute atomic E-state index is 13.6. The monoisotopic (exact) mass is 440 g/mol. The van der Waals surface area contributed by atoms with E-state index in [1.54, 1.807) is 11.5 Å². The Morgan fingerprint density at radius 1 is 1.03 bits per heavy atom. The van der Waals surface area contributed by atoms with Crippen molar-refractivity contribution in [2.24, 2.45) is 4.99 Å². The van der Waals surface area contributed by atoms with E-state index in [9.17, 15) is 9.59 Å². The first-order chi connectivity index (χ1) is 15.6. The van der Waals surface area contributed by atoms with Crippen molar-refractivity contribution in [1.82, 2.24) is 4.57 Å². The maximum atomic E-state index is 13.6. The average Bonchev–Trinajstić information content (AvgIpc) is 3.13. The number of aromatic nitrogens is 1. The quantitative estimate of drug-likeness (QED) is 0.458. The lowest BCUT2D eigenvalue weighted by Gasteiger charge is -2.24. The minimum absolute atomic E-state index is 0.176. The van der Waals surface area contributed by atoms with Gasteiger partial charge in [-0.15, -0.1) is 0 Å². The SMILES string of the molecule is COC(=O)C1=C(C)N=c2sc(=Cc3cccc4ccccc34)c(=O)n2C1c1ccccc1. The Hall–Kier alpha value is -3.77. The molecule has 0 aliphatic carbocycles. The van der Waals surface area contributed by atoms with Gasteiger partial charge >= 0.3 is 5.97 Å². The zero-order chi connectivity index (χ0) is 22.2. The van der Waals surface area contributed by atoms with E-state index >= 15 is 0 Å². The number of benzene rings is 3. The number of carbonyl (C=O) groups is 1. The molecule has 0 radical (unpaired) electrons. The Morgan fingerprint density at radius 3 is 2.53 bits per heavy atom. The van der Waals surface area contributed by atoms with Crippen molar-refractivity contribution >= 4 is 34.2 Å². The first-order valence-electron chi connectivity index (χ1n) is 10.2. The molecule has 4 aromatic rings. The minimum atomic E-state index is -0.588. The Morgan fingerprint density at radius 2 is 1.75 bits per heavy atom. The molecule has 2 heterocycles. The van der Waals surface area contributed by atoms with Crippen molar-refractivity contribution in [1.29, 1.82) is 0 Å². The van der Waals surface area contributed by atoms with Gasteiger partial charge < -0.3 is 4.74 Å². The third-order valence-electron chi connectivity index (χ3n) is 5.65. The summed E-state index contributed by atoms with van der Waals surface area (Å²) in [6.45, 7) is 1.78. The first kappa shape index (κ1) is 20.2. The Kier molecular flexibility index (Phi) is 5.07. The van der Waals surface area contributed by atoms with Crippen LogP contribution in [-0.4, -0.2) is 17.6 Å². The zero-order valence-electron chi connectivity index (χ0n) is 17.6. The third kappa shape index (κ3) is 3.29. The summed E-state index contributed by atoms with van der Waals surface area (Å²) < 4.78 is 7.22. The second-order valence-corrected chi connectivity index (χ2v) is 8.56. The third-order valence-corrected chi connectivity index (χ3v) is 6.64. The van der Waals surface area contributed by atoms with Crippen LogP contribution in [0.3, 0.4) is 0 Å². The van der Waals surface area contributed by atoms with E-state index in [0.717, 1.165) is 21.9 Å². The van der Waals surface area contributed by atoms with Gasteiger partial charge in [0.05, 0.1) is 29.0 Å². The van der Waals surface area contributed by atoms with Crippen LogP contribution in [0.1, 0.15) is 24.1 Å². The number of methoxy groups -OCH3 is 1. The van der Waals surface area contributed by atoms with Gasteiger partial charge in [0.25, 0.3) is 5.56 Å². The summed E-state index contributed by atoms with van der Waals surface area (Å²) in [6.07, 6.45) is 1.91. The molecule has 0 amide bonds. The van der Waals surface area contributed by atoms with E-state index in [2.05, 4.69) is 17.1 Å². The molecule has 158 valence electrons. The number of thiazole rings is 1. The fourth-order valence-electron chi connectivity index (χ4n) is 4.16. The number of nitrogens with zero attached hydrogens (tertiary/aromatic N) is 2. The smallest absolute Gasteiger partial charge is 0.338 e. The molecule has 0 saturated carbocycles. The molecule has 1 aromatic heterocycles. The van der Waals surface area contributed by atoms with E-state index in [4.69, 9.17) is 4.74 Å². The van der Waals surface area contributed by atoms with Gasteiger partial charge in [0.15, 0.2) is 4.80 Å². The fourth-order valence-corrected chi connectivity index (χ4v) is 5.20. The van der Waals surface area contributed by atoms with Gasteiger partial charge in [-0.1, -0.05) is 84.1 Å². The number of hydrogen-bond acceptors (Lipinski definition) is 5. The summed E-state index contributed by atoms with van der Waals surface area (Å²) in [5, 5.41) is 2.19. The molecule has 6 heteroatoms. The van der Waals surface area contributed by atoms with E-state index in [1.807, 2.05) is 66.7 Å². The molecule has 1 unspecified atom stereocenters. The lowest BCUT2D eigenvalue weighted by Crippen LogP contribution is -2.39. The molecule has 1 aliphatic heterocycles. The van der Waals surface area contributed by atoms with Crippen LogP contribution < -0.4 is 14.9 Å². The Balaban J connectivity index is 1.77. The van der Waals surface area contributed by atoms with Gasteiger partial charge in [0.2, 0.25) is 0 Å². The molecule has 5 rings (SSSR count). The maximum Gasteiger partial charge on any atom is 0.338 e. The van der Waals surface area contributed by atoms with E-state index < -0.39 is 12.0 Å². The topological polar surface area (TPSA) is 60.7 Å². The van der Waals surface area contributed by atoms with Gasteiger partial charge in [0, 0.05) is 0 Å². The molecule has 5 nitrogen and oxygen atoms in total. The summed E-state index contributed by atoms with van der Waals surface area (Å²) in [7, 11) is 1.34. The average molecular weight is 441 g/mol. The second-order valence-electron chi connectivity index (χ2n) is 7.55. The van der Waals surface area contributed by atoms with Crippen molar-refractivity contribution in [3.05, 3.63) is 115 Å². The van der Waals surface area contributed by atoms with Crippen LogP contribution in [0.2, 0.25) is 0 Å². The molecule has 3 aromatic carbocycles. The summed E-state index contributed by atoms with van der Waals surface area (Å²) in [5.74, 6) is -0.483. The largest absolute Gasteiger partial charge is 0.466 e. The highest BCUT2D eigenvalue weighted by Gasteiger charge is 2.32. The van der Waals surface area contributed by atoms with Crippen molar-refractivity contribution in [3.8, 4) is 0 Å². The van der Waals surface area contributed by atoms with Gasteiger partial charge in [-0.3, -0.25) is 9.36 Å². The highest BCUT2D eigenvalue weighted by molar-refractivity contribution is 7.07. The molecule has 0 saturated heterocycles. The lowest BCUT2D eigenvalue weighted by molar-refractivity contribution is -0.136. The van der Waals surface area contributed by atoms with Crippen LogP contribution in [-0.2, 0) is 9.53 Å². The highest BCUT2D eigenvalue weighted by atomic mass is 32.1. The summed E-state index contributed by atoms with van der Waals surface area (Å²) in [6, 6.07) is 23.0. The first-order valence-corrected chi connectivity index (χ1v) is 11.0. The molecule has 0 bridgehead atoms. The van der Waals surface area contributed by atoms with Crippen LogP contribution in [0.5, 0.6) is 0 Å². The number of rotatable bonds is 3. The van der Waals surface area contributed by atoms with Crippen LogP contribution >= 0.6 is 11.3 Å². The molecule has 1 aliphatic rings. The van der Waals surface area contributed by atoms with E-state index in [1.165, 1.54) is 18.4 Å². The number of esters is 1. The number of carbonyl (C=O) groups excluding carboxylic acids is 1. The predicted octanol–water partition coefficient (Wildman–Crippen LogP) is 3.56. The van der Waals surface area contributed by atoms with Gasteiger partial charge in [-0.2, -0.15) is 0 Å². The number of ether oxygens (including phenoxy) is 1. The van der Waals surface area contributed by atoms with Crippen molar-refractivity contribution in [2.75, 3.05) is 7.11 Å². The predicted molar refractivity (Wildman–Crippen MR) is 126 cm³/mol. The minimum Gasteiger partial charge on any atom is -0.466 e. The van der Waals surface area contributed by atoms with Crippen molar-refractivity contribution < 1.29 is 9.53 Å². The lowest BCUT2D eigenvalue weighted by atomic mass is 9.96. The Labute approximate surface area is 188 Å². The molecule has 1 atom stereocenters. The van der Waals surface area contributed by atoms with Gasteiger partial charge in [-0.25, -0.2) is 9.79 Å². The van der Waals surface area contributed by atoms with Crippen LogP contribution in [0.25, 0.3) is 16.8 Å². The van der Waals surface area contributed by atoms with E-state index in [0.29, 0.717) is 20.6 Å². The highest BCUT2D eigenvalue weighted by Crippen LogP contribution is 2.30. The molecule has 0 spiro atoms. The van der Waals surface area contributed by atoms with E-state index in [-0.39, 0.29) is 5.56 Å². The van der Waals surface area contributed by atoms with Gasteiger partial charge in [-0.05, 0) is 34.9 Å². The van der Waals surface area contributed by atoms with Crippen LogP contribution in [0.4, 0.5) is 0 Å². The van der Waals surface area contributed by atoms with Crippen molar-refractivity contribution in [2.45, 2.75) is 13.0 Å². The molecule has 0 fully saturated rings. The Bertz CT molecular complexity index is 1560. The van der Waals surface area contributed by atoms with Crippen LogP contribution in [0.15, 0.2) is 93.9 Å². The fraction of sp³-hybridized carbons (Fsp3) is 0.115. The number of hydrogen-bond donors (Lipinski definition) is 0. The summed E-state index contributed by atoms with van der Waals surface area (Å²) in [5.41, 5.74) is 2.56. The molecule has 0 N–H and O–H groups in total.